The molecule has 0 spiro atoms. The largest absolute Gasteiger partial charge is 0.496 e. The number of ether oxygens (including phenoxy) is 1. The molecule has 19 heavy (non-hydrogen) atoms. The second-order valence-corrected chi connectivity index (χ2v) is 4.05. The van der Waals surface area contributed by atoms with Crippen molar-refractivity contribution >= 4 is 5.91 Å². The number of hydrogen-bond acceptors (Lipinski definition) is 3. The Bertz CT molecular complexity index is 541. The molecule has 1 N–H and O–H groups in total. The van der Waals surface area contributed by atoms with Gasteiger partial charge in [-0.15, -0.1) is 0 Å². The summed E-state index contributed by atoms with van der Waals surface area (Å²) >= 11 is 0. The number of nitrogens with zero attached hydrogens (tertiary/aromatic N) is 1. The Hall–Kier alpha value is -2.36. The first-order valence-electron chi connectivity index (χ1n) is 6.11. The molecule has 0 aliphatic rings. The molecular formula is C15H16N2O2. The average Bonchev–Trinajstić information content (AvgIpc) is 2.48. The van der Waals surface area contributed by atoms with Crippen molar-refractivity contribution in [3.05, 3.63) is 59.9 Å². The van der Waals surface area contributed by atoms with Crippen molar-refractivity contribution in [2.24, 2.45) is 0 Å². The van der Waals surface area contributed by atoms with E-state index in [-0.39, 0.29) is 5.91 Å². The molecule has 0 radical (unpaired) electrons. The fourth-order valence-corrected chi connectivity index (χ4v) is 1.83. The monoisotopic (exact) mass is 256 g/mol. The summed E-state index contributed by atoms with van der Waals surface area (Å²) in [4.78, 5) is 15.7. The molecule has 0 fully saturated rings. The van der Waals surface area contributed by atoms with Crippen molar-refractivity contribution in [3.8, 4) is 5.75 Å². The van der Waals surface area contributed by atoms with Crippen molar-refractivity contribution in [2.75, 3.05) is 13.7 Å². The normalized spacial score (nSPS) is 9.95. The van der Waals surface area contributed by atoms with Crippen LogP contribution in [0.2, 0.25) is 0 Å². The van der Waals surface area contributed by atoms with E-state index in [0.717, 1.165) is 17.7 Å². The fourth-order valence-electron chi connectivity index (χ4n) is 1.83. The topological polar surface area (TPSA) is 51.2 Å². The number of carbonyl (C=O) groups is 1. The molecule has 0 unspecified atom stereocenters. The molecule has 4 nitrogen and oxygen atoms in total. The maximum atomic E-state index is 11.8. The molecule has 1 heterocycles. The van der Waals surface area contributed by atoms with Gasteiger partial charge in [-0.3, -0.25) is 9.78 Å². The van der Waals surface area contributed by atoms with Crippen LogP contribution in [0.5, 0.6) is 5.75 Å². The molecule has 0 saturated heterocycles. The highest BCUT2D eigenvalue weighted by atomic mass is 16.5. The summed E-state index contributed by atoms with van der Waals surface area (Å²) in [6.45, 7) is 0.571. The van der Waals surface area contributed by atoms with Crippen LogP contribution < -0.4 is 10.1 Å². The van der Waals surface area contributed by atoms with Gasteiger partial charge >= 0.3 is 0 Å². The third-order valence-corrected chi connectivity index (χ3v) is 2.81. The van der Waals surface area contributed by atoms with Gasteiger partial charge in [-0.2, -0.15) is 0 Å². The van der Waals surface area contributed by atoms with Gasteiger partial charge in [-0.1, -0.05) is 18.2 Å². The second-order valence-electron chi connectivity index (χ2n) is 4.05. The minimum Gasteiger partial charge on any atom is -0.496 e. The Morgan fingerprint density at radius 3 is 2.68 bits per heavy atom. The molecule has 98 valence electrons. The van der Waals surface area contributed by atoms with Crippen molar-refractivity contribution in [3.63, 3.8) is 0 Å². The van der Waals surface area contributed by atoms with Crippen molar-refractivity contribution in [1.29, 1.82) is 0 Å². The molecule has 2 rings (SSSR count). The minimum atomic E-state index is -0.0858. The summed E-state index contributed by atoms with van der Waals surface area (Å²) in [6.07, 6.45) is 3.95. The van der Waals surface area contributed by atoms with Crippen molar-refractivity contribution in [1.82, 2.24) is 10.3 Å². The summed E-state index contributed by atoms with van der Waals surface area (Å²) < 4.78 is 5.27. The zero-order chi connectivity index (χ0) is 13.5. The number of benzene rings is 1. The van der Waals surface area contributed by atoms with E-state index in [0.29, 0.717) is 12.1 Å². The van der Waals surface area contributed by atoms with Crippen LogP contribution in [-0.2, 0) is 6.42 Å². The smallest absolute Gasteiger partial charge is 0.251 e. The lowest BCUT2D eigenvalue weighted by atomic mass is 10.1. The number of nitrogens with one attached hydrogen (secondary N) is 1. The third-order valence-electron chi connectivity index (χ3n) is 2.81. The Labute approximate surface area is 112 Å². The van der Waals surface area contributed by atoms with Gasteiger partial charge in [0.05, 0.1) is 7.11 Å². The van der Waals surface area contributed by atoms with Gasteiger partial charge in [0.15, 0.2) is 0 Å². The number of carbonyl (C=O) groups excluding carboxylic acids is 1. The van der Waals surface area contributed by atoms with E-state index in [1.807, 2.05) is 24.3 Å². The fraction of sp³-hybridized carbons (Fsp3) is 0.200. The lowest BCUT2D eigenvalue weighted by molar-refractivity contribution is 0.0954. The van der Waals surface area contributed by atoms with E-state index in [1.165, 1.54) is 0 Å². The predicted molar refractivity (Wildman–Crippen MR) is 73.3 cm³/mol. The van der Waals surface area contributed by atoms with Crippen molar-refractivity contribution < 1.29 is 9.53 Å². The number of aromatic nitrogens is 1. The molecule has 0 aliphatic carbocycles. The Balaban J connectivity index is 1.88. The summed E-state index contributed by atoms with van der Waals surface area (Å²) in [6, 6.07) is 11.2. The van der Waals surface area contributed by atoms with Crippen LogP contribution in [0.3, 0.4) is 0 Å². The van der Waals surface area contributed by atoms with Gasteiger partial charge < -0.3 is 10.1 Å². The van der Waals surface area contributed by atoms with Gasteiger partial charge in [-0.05, 0) is 30.2 Å². The Kier molecular flexibility index (Phi) is 4.50. The zero-order valence-electron chi connectivity index (χ0n) is 10.8. The molecule has 0 aliphatic heterocycles. The lowest BCUT2D eigenvalue weighted by Gasteiger charge is -2.09. The minimum absolute atomic E-state index is 0.0858. The maximum absolute atomic E-state index is 11.8. The second kappa shape index (κ2) is 6.54. The molecule has 1 amide bonds. The number of rotatable bonds is 5. The zero-order valence-corrected chi connectivity index (χ0v) is 10.8. The van der Waals surface area contributed by atoms with E-state index in [2.05, 4.69) is 10.3 Å². The highest BCUT2D eigenvalue weighted by Gasteiger charge is 2.05. The number of para-hydroxylation sites is 1. The lowest BCUT2D eigenvalue weighted by Crippen LogP contribution is -2.25. The Morgan fingerprint density at radius 2 is 1.95 bits per heavy atom. The van der Waals surface area contributed by atoms with Crippen LogP contribution in [0, 0.1) is 0 Å². The van der Waals surface area contributed by atoms with Crippen LogP contribution in [-0.4, -0.2) is 24.5 Å². The van der Waals surface area contributed by atoms with E-state index in [1.54, 1.807) is 31.6 Å². The van der Waals surface area contributed by atoms with Crippen LogP contribution >= 0.6 is 0 Å². The Morgan fingerprint density at radius 1 is 1.21 bits per heavy atom. The number of methoxy groups -OCH3 is 1. The SMILES string of the molecule is COc1ccccc1CCNC(=O)c1ccncc1. The molecule has 0 atom stereocenters. The maximum Gasteiger partial charge on any atom is 0.251 e. The van der Waals surface area contributed by atoms with E-state index in [4.69, 9.17) is 4.74 Å². The molecule has 4 heteroatoms. The quantitative estimate of drug-likeness (QED) is 0.891. The van der Waals surface area contributed by atoms with Gasteiger partial charge in [-0.25, -0.2) is 0 Å². The summed E-state index contributed by atoms with van der Waals surface area (Å²) in [7, 11) is 1.65. The van der Waals surface area contributed by atoms with Gasteiger partial charge in [0.1, 0.15) is 5.75 Å². The van der Waals surface area contributed by atoms with Crippen LogP contribution in [0.4, 0.5) is 0 Å². The first-order valence-corrected chi connectivity index (χ1v) is 6.11. The predicted octanol–water partition coefficient (Wildman–Crippen LogP) is 2.06. The first-order chi connectivity index (χ1) is 9.31. The molecular weight excluding hydrogens is 240 g/mol. The number of hydrogen-bond donors (Lipinski definition) is 1. The van der Waals surface area contributed by atoms with Crippen molar-refractivity contribution in [2.45, 2.75) is 6.42 Å². The molecule has 0 saturated carbocycles. The van der Waals surface area contributed by atoms with Gasteiger partial charge in [0.2, 0.25) is 0 Å². The molecule has 1 aromatic carbocycles. The molecule has 0 bridgehead atoms. The number of pyridine rings is 1. The highest BCUT2D eigenvalue weighted by Crippen LogP contribution is 2.17. The van der Waals surface area contributed by atoms with E-state index < -0.39 is 0 Å². The van der Waals surface area contributed by atoms with Gasteiger partial charge in [0.25, 0.3) is 5.91 Å². The average molecular weight is 256 g/mol. The van der Waals surface area contributed by atoms with E-state index in [9.17, 15) is 4.79 Å². The third kappa shape index (κ3) is 3.55. The summed E-state index contributed by atoms with van der Waals surface area (Å²) in [5.41, 5.74) is 1.70. The van der Waals surface area contributed by atoms with Crippen LogP contribution in [0.25, 0.3) is 0 Å². The molecule has 1 aromatic heterocycles. The highest BCUT2D eigenvalue weighted by molar-refractivity contribution is 5.93. The molecule has 2 aromatic rings. The standard InChI is InChI=1S/C15H16N2O2/c1-19-14-5-3-2-4-12(14)8-11-17-15(18)13-6-9-16-10-7-13/h2-7,9-10H,8,11H2,1H3,(H,17,18). The van der Waals surface area contributed by atoms with Gasteiger partial charge in [0, 0.05) is 24.5 Å². The first kappa shape index (κ1) is 13.1. The van der Waals surface area contributed by atoms with E-state index >= 15 is 0 Å². The van der Waals surface area contributed by atoms with Crippen LogP contribution in [0.1, 0.15) is 15.9 Å². The number of amides is 1. The summed E-state index contributed by atoms with van der Waals surface area (Å²) in [5.74, 6) is 0.762. The van der Waals surface area contributed by atoms with Crippen LogP contribution in [0.15, 0.2) is 48.8 Å². The summed E-state index contributed by atoms with van der Waals surface area (Å²) in [5, 5.41) is 2.88.